The summed E-state index contributed by atoms with van der Waals surface area (Å²) in [5.74, 6) is -0.868. The van der Waals surface area contributed by atoms with E-state index < -0.39 is 11.9 Å². The van der Waals surface area contributed by atoms with Gasteiger partial charge in [0, 0.05) is 33.9 Å². The van der Waals surface area contributed by atoms with Crippen molar-refractivity contribution in [2.45, 2.75) is 40.5 Å². The zero-order chi connectivity index (χ0) is 15.7. The summed E-state index contributed by atoms with van der Waals surface area (Å²) >= 11 is 0. The zero-order valence-electron chi connectivity index (χ0n) is 12.9. The van der Waals surface area contributed by atoms with E-state index in [-0.39, 0.29) is 0 Å². The van der Waals surface area contributed by atoms with Gasteiger partial charge >= 0.3 is 5.97 Å². The van der Waals surface area contributed by atoms with Gasteiger partial charge in [0.1, 0.15) is 0 Å². The van der Waals surface area contributed by atoms with E-state index >= 15 is 0 Å². The minimum absolute atomic E-state index is 0.611. The number of aryl methyl sites for hydroxylation is 4. The van der Waals surface area contributed by atoms with Crippen molar-refractivity contribution in [3.63, 3.8) is 0 Å². The number of carboxylic acids is 1. The van der Waals surface area contributed by atoms with E-state index in [0.717, 1.165) is 17.0 Å². The lowest BCUT2D eigenvalue weighted by molar-refractivity contribution is -0.138. The number of carbonyl (C=O) groups is 1. The van der Waals surface area contributed by atoms with Crippen LogP contribution in [0.2, 0.25) is 0 Å². The number of carboxylic acid groups (broad SMARTS) is 1. The highest BCUT2D eigenvalue weighted by Gasteiger charge is 2.21. The van der Waals surface area contributed by atoms with Gasteiger partial charge in [-0.25, -0.2) is 9.97 Å². The van der Waals surface area contributed by atoms with Gasteiger partial charge in [0.25, 0.3) is 0 Å². The average Bonchev–Trinajstić information content (AvgIpc) is 2.36. The third kappa shape index (κ3) is 3.07. The topological polar surface area (TPSA) is 76.0 Å². The summed E-state index contributed by atoms with van der Waals surface area (Å²) in [5, 5.41) is 9.18. The molecule has 5 heteroatoms. The van der Waals surface area contributed by atoms with Crippen molar-refractivity contribution in [2.24, 2.45) is 0 Å². The van der Waals surface area contributed by atoms with Crippen LogP contribution in [0, 0.1) is 27.7 Å². The van der Waals surface area contributed by atoms with E-state index in [4.69, 9.17) is 0 Å². The molecule has 5 nitrogen and oxygen atoms in total. The van der Waals surface area contributed by atoms with Crippen molar-refractivity contribution in [1.29, 1.82) is 0 Å². The molecule has 1 unspecified atom stereocenters. The first kappa shape index (κ1) is 15.1. The number of rotatable bonds is 3. The van der Waals surface area contributed by atoms with Gasteiger partial charge in [-0.1, -0.05) is 0 Å². The van der Waals surface area contributed by atoms with Gasteiger partial charge in [-0.15, -0.1) is 0 Å². The van der Waals surface area contributed by atoms with Crippen molar-refractivity contribution < 1.29 is 9.90 Å². The summed E-state index contributed by atoms with van der Waals surface area (Å²) in [6.45, 7) is 9.16. The van der Waals surface area contributed by atoms with E-state index in [1.807, 2.05) is 39.8 Å². The number of nitrogens with zero attached hydrogens (tertiary/aromatic N) is 3. The molecule has 0 saturated heterocycles. The highest BCUT2D eigenvalue weighted by molar-refractivity contribution is 5.76. The minimum Gasteiger partial charge on any atom is -0.481 e. The van der Waals surface area contributed by atoms with Gasteiger partial charge in [-0.2, -0.15) is 0 Å². The molecule has 2 aromatic rings. The minimum atomic E-state index is -0.867. The molecular formula is C16H19N3O2. The van der Waals surface area contributed by atoms with Gasteiger partial charge in [0.15, 0.2) is 5.82 Å². The third-order valence-corrected chi connectivity index (χ3v) is 3.47. The van der Waals surface area contributed by atoms with Gasteiger partial charge in [-0.3, -0.25) is 9.78 Å². The predicted octanol–water partition coefficient (Wildman–Crippen LogP) is 2.96. The predicted molar refractivity (Wildman–Crippen MR) is 80.3 cm³/mol. The second-order valence-electron chi connectivity index (χ2n) is 5.33. The van der Waals surface area contributed by atoms with E-state index in [1.54, 1.807) is 6.92 Å². The second kappa shape index (κ2) is 5.60. The summed E-state index contributed by atoms with van der Waals surface area (Å²) in [5.41, 5.74) is 4.83. The van der Waals surface area contributed by atoms with Gasteiger partial charge in [-0.05, 0) is 46.8 Å². The summed E-state index contributed by atoms with van der Waals surface area (Å²) in [4.78, 5) is 24.5. The lowest BCUT2D eigenvalue weighted by Crippen LogP contribution is -2.13. The molecule has 0 aliphatic heterocycles. The molecule has 1 N–H and O–H groups in total. The van der Waals surface area contributed by atoms with Crippen LogP contribution in [0.3, 0.4) is 0 Å². The first-order chi connectivity index (χ1) is 9.79. The number of hydrogen-bond donors (Lipinski definition) is 1. The lowest BCUT2D eigenvalue weighted by atomic mass is 9.98. The fraction of sp³-hybridized carbons (Fsp3) is 0.375. The molecule has 0 aliphatic rings. The molecule has 2 aromatic heterocycles. The summed E-state index contributed by atoms with van der Waals surface area (Å²) in [7, 11) is 0. The standard InChI is InChI=1S/C16H19N3O2/c1-8-6-13(7-9(2)17-8)15-18-11(4)14(12(5)19-15)10(3)16(20)21/h6-7,10H,1-5H3,(H,20,21). The Morgan fingerprint density at radius 3 is 1.90 bits per heavy atom. The second-order valence-corrected chi connectivity index (χ2v) is 5.33. The van der Waals surface area contributed by atoms with Crippen LogP contribution >= 0.6 is 0 Å². The Labute approximate surface area is 124 Å². The Morgan fingerprint density at radius 1 is 1.00 bits per heavy atom. The molecule has 2 heterocycles. The Balaban J connectivity index is 2.56. The Bertz CT molecular complexity index is 667. The van der Waals surface area contributed by atoms with Crippen molar-refractivity contribution >= 4 is 5.97 Å². The van der Waals surface area contributed by atoms with Crippen LogP contribution in [-0.2, 0) is 4.79 Å². The molecule has 0 radical (unpaired) electrons. The van der Waals surface area contributed by atoms with Crippen LogP contribution < -0.4 is 0 Å². The van der Waals surface area contributed by atoms with E-state index in [0.29, 0.717) is 22.8 Å². The Hall–Kier alpha value is -2.30. The summed E-state index contributed by atoms with van der Waals surface area (Å²) < 4.78 is 0. The summed E-state index contributed by atoms with van der Waals surface area (Å²) in [6, 6.07) is 3.86. The smallest absolute Gasteiger partial charge is 0.310 e. The molecular weight excluding hydrogens is 266 g/mol. The molecule has 0 saturated carbocycles. The molecule has 110 valence electrons. The van der Waals surface area contributed by atoms with Crippen LogP contribution in [0.15, 0.2) is 12.1 Å². The molecule has 0 amide bonds. The molecule has 0 bridgehead atoms. The molecule has 0 fully saturated rings. The van der Waals surface area contributed by atoms with Gasteiger partial charge in [0.05, 0.1) is 5.92 Å². The lowest BCUT2D eigenvalue weighted by Gasteiger charge is -2.14. The van der Waals surface area contributed by atoms with Gasteiger partial charge in [0.2, 0.25) is 0 Å². The number of hydrogen-bond acceptors (Lipinski definition) is 4. The fourth-order valence-electron chi connectivity index (χ4n) is 2.57. The van der Waals surface area contributed by atoms with Gasteiger partial charge < -0.3 is 5.11 Å². The number of aliphatic carboxylic acids is 1. The van der Waals surface area contributed by atoms with Crippen molar-refractivity contribution in [3.8, 4) is 11.4 Å². The SMILES string of the molecule is Cc1cc(-c2nc(C)c(C(C)C(=O)O)c(C)n2)cc(C)n1. The van der Waals surface area contributed by atoms with Crippen LogP contribution in [0.25, 0.3) is 11.4 Å². The summed E-state index contributed by atoms with van der Waals surface area (Å²) in [6.07, 6.45) is 0. The van der Waals surface area contributed by atoms with Crippen LogP contribution in [0.1, 0.15) is 41.2 Å². The van der Waals surface area contributed by atoms with Crippen molar-refractivity contribution in [2.75, 3.05) is 0 Å². The first-order valence-electron chi connectivity index (χ1n) is 6.83. The molecule has 0 spiro atoms. The van der Waals surface area contributed by atoms with E-state index in [2.05, 4.69) is 15.0 Å². The normalized spacial score (nSPS) is 12.2. The maximum atomic E-state index is 11.2. The van der Waals surface area contributed by atoms with Crippen LogP contribution in [-0.4, -0.2) is 26.0 Å². The highest BCUT2D eigenvalue weighted by Crippen LogP contribution is 2.25. The van der Waals surface area contributed by atoms with E-state index in [1.165, 1.54) is 0 Å². The van der Waals surface area contributed by atoms with Crippen LogP contribution in [0.5, 0.6) is 0 Å². The largest absolute Gasteiger partial charge is 0.481 e. The quantitative estimate of drug-likeness (QED) is 0.938. The maximum absolute atomic E-state index is 11.2. The van der Waals surface area contributed by atoms with Crippen molar-refractivity contribution in [1.82, 2.24) is 15.0 Å². The Kier molecular flexibility index (Phi) is 4.02. The Morgan fingerprint density at radius 2 is 1.48 bits per heavy atom. The highest BCUT2D eigenvalue weighted by atomic mass is 16.4. The molecule has 0 aromatic carbocycles. The van der Waals surface area contributed by atoms with Crippen LogP contribution in [0.4, 0.5) is 0 Å². The molecule has 0 aliphatic carbocycles. The molecule has 1 atom stereocenters. The van der Waals surface area contributed by atoms with Crippen molar-refractivity contribution in [3.05, 3.63) is 40.5 Å². The first-order valence-corrected chi connectivity index (χ1v) is 6.83. The fourth-order valence-corrected chi connectivity index (χ4v) is 2.57. The van der Waals surface area contributed by atoms with E-state index in [9.17, 15) is 9.90 Å². The maximum Gasteiger partial charge on any atom is 0.310 e. The zero-order valence-corrected chi connectivity index (χ0v) is 12.9. The molecule has 2 rings (SSSR count). The monoisotopic (exact) mass is 285 g/mol. The number of aromatic nitrogens is 3. The average molecular weight is 285 g/mol. The third-order valence-electron chi connectivity index (χ3n) is 3.47. The molecule has 21 heavy (non-hydrogen) atoms. The number of pyridine rings is 1.